The first-order valence-electron chi connectivity index (χ1n) is 8.67. The van der Waals surface area contributed by atoms with Crippen molar-refractivity contribution < 1.29 is 19.0 Å². The maximum atomic E-state index is 11.7. The van der Waals surface area contributed by atoms with Gasteiger partial charge in [-0.1, -0.05) is 12.1 Å². The third kappa shape index (κ3) is 5.88. The summed E-state index contributed by atoms with van der Waals surface area (Å²) in [5.74, 6) is 1.33. The van der Waals surface area contributed by atoms with Crippen molar-refractivity contribution in [2.45, 2.75) is 6.92 Å². The Morgan fingerprint density at radius 2 is 1.72 bits per heavy atom. The summed E-state index contributed by atoms with van der Waals surface area (Å²) < 4.78 is 16.2. The second-order valence-electron chi connectivity index (χ2n) is 5.65. The fraction of sp³-hybridized carbons (Fsp3) is 0.238. The Bertz CT molecular complexity index is 923. The summed E-state index contributed by atoms with van der Waals surface area (Å²) in [4.78, 5) is 11.7. The van der Waals surface area contributed by atoms with Crippen LogP contribution in [0.15, 0.2) is 42.5 Å². The minimum atomic E-state index is -0.343. The number of carbonyl (C=O) groups excluding carboxylic acids is 1. The molecule has 0 aliphatic carbocycles. The molecule has 2 rings (SSSR count). The van der Waals surface area contributed by atoms with Gasteiger partial charge < -0.3 is 25.3 Å². The van der Waals surface area contributed by atoms with E-state index >= 15 is 0 Å². The molecule has 0 radical (unpaired) electrons. The zero-order valence-electron chi connectivity index (χ0n) is 16.5. The van der Waals surface area contributed by atoms with Crippen molar-refractivity contribution in [2.75, 3.05) is 32.7 Å². The van der Waals surface area contributed by atoms with E-state index in [1.54, 1.807) is 25.3 Å². The largest absolute Gasteiger partial charge is 0.495 e. The highest BCUT2D eigenvalue weighted by Gasteiger charge is 2.14. The molecule has 0 aliphatic rings. The number of nitriles is 1. The molecule has 0 heterocycles. The van der Waals surface area contributed by atoms with Crippen LogP contribution in [0, 0.1) is 11.3 Å². The van der Waals surface area contributed by atoms with Crippen LogP contribution in [0.1, 0.15) is 18.1 Å². The highest BCUT2D eigenvalue weighted by molar-refractivity contribution is 5.95. The summed E-state index contributed by atoms with van der Waals surface area (Å²) >= 11 is 0. The molecule has 154 valence electrons. The maximum absolute atomic E-state index is 11.7. The van der Waals surface area contributed by atoms with Gasteiger partial charge in [-0.3, -0.25) is 4.79 Å². The second kappa shape index (κ2) is 11.6. The van der Waals surface area contributed by atoms with Gasteiger partial charge in [0.1, 0.15) is 5.75 Å². The molecular formula is C21H24ClN3O4. The van der Waals surface area contributed by atoms with Gasteiger partial charge in [-0.25, -0.2) is 0 Å². The number of hydrogen-bond donors (Lipinski definition) is 2. The van der Waals surface area contributed by atoms with Gasteiger partial charge in [-0.05, 0) is 47.9 Å². The topological polar surface area (TPSA) is 107 Å². The fourth-order valence-corrected chi connectivity index (χ4v) is 2.68. The molecule has 0 saturated heterocycles. The van der Waals surface area contributed by atoms with E-state index in [2.05, 4.69) is 11.4 Å². The van der Waals surface area contributed by atoms with Crippen molar-refractivity contribution in [1.29, 1.82) is 5.26 Å². The van der Waals surface area contributed by atoms with Gasteiger partial charge in [0, 0.05) is 6.08 Å². The van der Waals surface area contributed by atoms with Crippen molar-refractivity contribution in [3.8, 4) is 23.3 Å². The average Bonchev–Trinajstić information content (AvgIpc) is 2.72. The Labute approximate surface area is 176 Å². The van der Waals surface area contributed by atoms with Gasteiger partial charge in [-0.2, -0.15) is 5.26 Å². The average molecular weight is 418 g/mol. The molecule has 7 nitrogen and oxygen atoms in total. The smallest absolute Gasteiger partial charge is 0.238 e. The number of nitrogens with zero attached hydrogens (tertiary/aromatic N) is 1. The highest BCUT2D eigenvalue weighted by atomic mass is 35.5. The molecule has 29 heavy (non-hydrogen) atoms. The van der Waals surface area contributed by atoms with E-state index in [1.807, 2.05) is 25.1 Å². The standard InChI is InChI=1S/C21H23N3O4.ClH/c1-4-28-20-12-15(6-8-19(20)27-3)16(9-10-22)14-5-7-18(26-2)17(11-14)24-21(25)13-23;/h5-9,11-12H,4,13,23H2,1-3H3,(H,24,25);1H/b16-9-;. The fourth-order valence-electron chi connectivity index (χ4n) is 2.68. The van der Waals surface area contributed by atoms with Crippen LogP contribution in [0.2, 0.25) is 0 Å². The van der Waals surface area contributed by atoms with Crippen LogP contribution >= 0.6 is 12.4 Å². The van der Waals surface area contributed by atoms with Gasteiger partial charge >= 0.3 is 0 Å². The first-order chi connectivity index (χ1) is 13.6. The van der Waals surface area contributed by atoms with Crippen LogP contribution in [-0.2, 0) is 4.79 Å². The number of carbonyl (C=O) groups is 1. The molecule has 0 unspecified atom stereocenters. The lowest BCUT2D eigenvalue weighted by atomic mass is 9.96. The van der Waals surface area contributed by atoms with Gasteiger partial charge in [0.25, 0.3) is 0 Å². The predicted octanol–water partition coefficient (Wildman–Crippen LogP) is 3.38. The molecule has 0 spiro atoms. The minimum absolute atomic E-state index is 0. The lowest BCUT2D eigenvalue weighted by Crippen LogP contribution is -2.22. The van der Waals surface area contributed by atoms with E-state index in [4.69, 9.17) is 19.9 Å². The number of nitrogens with one attached hydrogen (secondary N) is 1. The molecule has 0 fully saturated rings. The lowest BCUT2D eigenvalue weighted by Gasteiger charge is -2.15. The number of ether oxygens (including phenoxy) is 3. The molecule has 3 N–H and O–H groups in total. The monoisotopic (exact) mass is 417 g/mol. The SMILES string of the molecule is CCOc1cc(/C(=C\C#N)c2ccc(OC)c(NC(=O)CN)c2)ccc1OC.Cl. The third-order valence-electron chi connectivity index (χ3n) is 3.95. The molecule has 2 aromatic carbocycles. The number of rotatable bonds is 8. The van der Waals surface area contributed by atoms with Crippen molar-refractivity contribution >= 4 is 29.6 Å². The Hall–Kier alpha value is -3.21. The van der Waals surface area contributed by atoms with E-state index in [0.717, 1.165) is 11.1 Å². The zero-order valence-corrected chi connectivity index (χ0v) is 17.3. The first-order valence-corrected chi connectivity index (χ1v) is 8.67. The van der Waals surface area contributed by atoms with E-state index in [0.29, 0.717) is 35.1 Å². The van der Waals surface area contributed by atoms with Crippen LogP contribution in [0.3, 0.4) is 0 Å². The van der Waals surface area contributed by atoms with Gasteiger partial charge in [0.2, 0.25) is 5.91 Å². The maximum Gasteiger partial charge on any atom is 0.238 e. The summed E-state index contributed by atoms with van der Waals surface area (Å²) in [5, 5.41) is 12.0. The Morgan fingerprint density at radius 3 is 2.28 bits per heavy atom. The number of benzene rings is 2. The molecule has 8 heteroatoms. The van der Waals surface area contributed by atoms with Crippen LogP contribution in [0.25, 0.3) is 5.57 Å². The summed E-state index contributed by atoms with van der Waals surface area (Å²) in [5.41, 5.74) is 8.02. The van der Waals surface area contributed by atoms with Gasteiger partial charge in [0.05, 0.1) is 39.1 Å². The molecule has 0 aromatic heterocycles. The molecular weight excluding hydrogens is 394 g/mol. The van der Waals surface area contributed by atoms with Gasteiger partial charge in [0.15, 0.2) is 11.5 Å². The quantitative estimate of drug-likeness (QED) is 0.637. The van der Waals surface area contributed by atoms with E-state index in [-0.39, 0.29) is 24.9 Å². The molecule has 0 bridgehead atoms. The number of hydrogen-bond acceptors (Lipinski definition) is 6. The summed E-state index contributed by atoms with van der Waals surface area (Å²) in [6.07, 6.45) is 1.44. The van der Waals surface area contributed by atoms with Crippen LogP contribution in [-0.4, -0.2) is 33.3 Å². The molecule has 0 atom stereocenters. The van der Waals surface area contributed by atoms with Crippen LogP contribution < -0.4 is 25.3 Å². The van der Waals surface area contributed by atoms with Crippen molar-refractivity contribution in [3.05, 3.63) is 53.6 Å². The Morgan fingerprint density at radius 1 is 1.10 bits per heavy atom. The number of nitrogens with two attached hydrogens (primary N) is 1. The normalized spacial score (nSPS) is 10.4. The van der Waals surface area contributed by atoms with E-state index in [9.17, 15) is 10.1 Å². The predicted molar refractivity (Wildman–Crippen MR) is 115 cm³/mol. The van der Waals surface area contributed by atoms with E-state index < -0.39 is 0 Å². The van der Waals surface area contributed by atoms with Crippen LogP contribution in [0.5, 0.6) is 17.2 Å². The summed E-state index contributed by atoms with van der Waals surface area (Å²) in [7, 11) is 3.08. The summed E-state index contributed by atoms with van der Waals surface area (Å²) in [6, 6.07) is 12.8. The number of allylic oxidation sites excluding steroid dienone is 1. The number of anilines is 1. The summed E-state index contributed by atoms with van der Waals surface area (Å²) in [6.45, 7) is 2.22. The highest BCUT2D eigenvalue weighted by Crippen LogP contribution is 2.35. The number of amides is 1. The van der Waals surface area contributed by atoms with Crippen molar-refractivity contribution in [1.82, 2.24) is 0 Å². The number of methoxy groups -OCH3 is 2. The van der Waals surface area contributed by atoms with Crippen molar-refractivity contribution in [2.24, 2.45) is 5.73 Å². The van der Waals surface area contributed by atoms with Crippen LogP contribution in [0.4, 0.5) is 5.69 Å². The third-order valence-corrected chi connectivity index (χ3v) is 3.95. The first kappa shape index (κ1) is 23.8. The zero-order chi connectivity index (χ0) is 20.5. The molecule has 2 aromatic rings. The minimum Gasteiger partial charge on any atom is -0.495 e. The second-order valence-corrected chi connectivity index (χ2v) is 5.65. The molecule has 0 saturated carbocycles. The Kier molecular flexibility index (Phi) is 9.52. The van der Waals surface area contributed by atoms with Gasteiger partial charge in [-0.15, -0.1) is 12.4 Å². The van der Waals surface area contributed by atoms with E-state index in [1.165, 1.54) is 13.2 Å². The Balaban J connectivity index is 0.00000420. The molecule has 0 aliphatic heterocycles. The van der Waals surface area contributed by atoms with Crippen molar-refractivity contribution in [3.63, 3.8) is 0 Å². The molecule has 1 amide bonds. The lowest BCUT2D eigenvalue weighted by molar-refractivity contribution is -0.114. The number of halogens is 1.